The summed E-state index contributed by atoms with van der Waals surface area (Å²) in [5, 5.41) is 8.72. The summed E-state index contributed by atoms with van der Waals surface area (Å²) < 4.78 is 15.2. The molecule has 1 unspecified atom stereocenters. The number of nitrogens with zero attached hydrogens (tertiary/aromatic N) is 3. The van der Waals surface area contributed by atoms with E-state index < -0.39 is 11.2 Å². The van der Waals surface area contributed by atoms with Gasteiger partial charge in [-0.15, -0.1) is 16.8 Å². The number of rotatable bonds is 7. The molecule has 1 aliphatic carbocycles. The molecule has 1 aliphatic rings. The van der Waals surface area contributed by atoms with E-state index in [2.05, 4.69) is 16.8 Å². The summed E-state index contributed by atoms with van der Waals surface area (Å²) in [5.74, 6) is 0.503. The van der Waals surface area contributed by atoms with E-state index in [4.69, 9.17) is 5.73 Å². The molecule has 1 atom stereocenters. The molecule has 5 nitrogen and oxygen atoms in total. The SMILES string of the molecule is C=CCn1c(SC(C(N)=O)c2ccc(F)cc2)nnc1C1CCCCC1. The van der Waals surface area contributed by atoms with Gasteiger partial charge in [0, 0.05) is 12.5 Å². The molecule has 1 aromatic heterocycles. The molecule has 0 bridgehead atoms. The minimum atomic E-state index is -0.650. The molecule has 1 fully saturated rings. The third kappa shape index (κ3) is 4.15. The number of carbonyl (C=O) groups is 1. The molecule has 138 valence electrons. The van der Waals surface area contributed by atoms with E-state index in [1.54, 1.807) is 18.2 Å². The number of nitrogens with two attached hydrogens (primary N) is 1. The van der Waals surface area contributed by atoms with E-state index in [1.807, 2.05) is 4.57 Å². The van der Waals surface area contributed by atoms with E-state index in [-0.39, 0.29) is 5.82 Å². The van der Waals surface area contributed by atoms with Gasteiger partial charge in [0.15, 0.2) is 5.16 Å². The maximum absolute atomic E-state index is 13.2. The van der Waals surface area contributed by atoms with Crippen LogP contribution in [0.15, 0.2) is 42.1 Å². The van der Waals surface area contributed by atoms with Crippen LogP contribution in [0.3, 0.4) is 0 Å². The zero-order valence-corrected chi connectivity index (χ0v) is 15.4. The molecule has 1 heterocycles. The van der Waals surface area contributed by atoms with Crippen molar-refractivity contribution in [1.82, 2.24) is 14.8 Å². The Hall–Kier alpha value is -2.15. The summed E-state index contributed by atoms with van der Waals surface area (Å²) in [6.45, 7) is 4.41. The van der Waals surface area contributed by atoms with E-state index in [0.29, 0.717) is 23.2 Å². The predicted octanol–water partition coefficient (Wildman–Crippen LogP) is 3.97. The van der Waals surface area contributed by atoms with Crippen LogP contribution in [0.5, 0.6) is 0 Å². The molecule has 1 amide bonds. The Kier molecular flexibility index (Phi) is 6.08. The first-order valence-corrected chi connectivity index (χ1v) is 9.73. The average Bonchev–Trinajstić information content (AvgIpc) is 3.04. The maximum Gasteiger partial charge on any atom is 0.235 e. The highest BCUT2D eigenvalue weighted by molar-refractivity contribution is 8.00. The first-order valence-electron chi connectivity index (χ1n) is 8.85. The monoisotopic (exact) mass is 374 g/mol. The van der Waals surface area contributed by atoms with Gasteiger partial charge < -0.3 is 10.3 Å². The van der Waals surface area contributed by atoms with Crippen LogP contribution in [-0.4, -0.2) is 20.7 Å². The van der Waals surface area contributed by atoms with E-state index in [0.717, 1.165) is 18.7 Å². The Morgan fingerprint density at radius 3 is 2.62 bits per heavy atom. The topological polar surface area (TPSA) is 73.8 Å². The quantitative estimate of drug-likeness (QED) is 0.588. The fourth-order valence-electron chi connectivity index (χ4n) is 3.38. The molecule has 1 saturated carbocycles. The smallest absolute Gasteiger partial charge is 0.235 e. The number of allylic oxidation sites excluding steroid dienone is 1. The molecular weight excluding hydrogens is 351 g/mol. The molecule has 7 heteroatoms. The second kappa shape index (κ2) is 8.49. The van der Waals surface area contributed by atoms with Crippen molar-refractivity contribution in [3.8, 4) is 0 Å². The Bertz CT molecular complexity index is 768. The number of hydrogen-bond acceptors (Lipinski definition) is 4. The van der Waals surface area contributed by atoms with E-state index in [9.17, 15) is 9.18 Å². The predicted molar refractivity (Wildman–Crippen MR) is 100 cm³/mol. The molecule has 0 spiro atoms. The number of benzene rings is 1. The molecule has 26 heavy (non-hydrogen) atoms. The van der Waals surface area contributed by atoms with Gasteiger partial charge in [-0.25, -0.2) is 4.39 Å². The summed E-state index contributed by atoms with van der Waals surface area (Å²) in [6.07, 6.45) is 7.69. The van der Waals surface area contributed by atoms with Crippen LogP contribution < -0.4 is 5.73 Å². The van der Waals surface area contributed by atoms with Crippen molar-refractivity contribution < 1.29 is 9.18 Å². The summed E-state index contributed by atoms with van der Waals surface area (Å²) in [7, 11) is 0. The van der Waals surface area contributed by atoms with Crippen LogP contribution in [0, 0.1) is 5.82 Å². The fraction of sp³-hybridized carbons (Fsp3) is 0.421. The van der Waals surface area contributed by atoms with Crippen LogP contribution in [0.2, 0.25) is 0 Å². The first kappa shape index (κ1) is 18.6. The van der Waals surface area contributed by atoms with Crippen molar-refractivity contribution >= 4 is 17.7 Å². The van der Waals surface area contributed by atoms with Crippen molar-refractivity contribution in [3.63, 3.8) is 0 Å². The molecule has 3 rings (SSSR count). The summed E-state index contributed by atoms with van der Waals surface area (Å²) in [4.78, 5) is 12.0. The number of primary amides is 1. The van der Waals surface area contributed by atoms with Crippen molar-refractivity contribution in [2.45, 2.75) is 55.0 Å². The molecule has 0 saturated heterocycles. The number of hydrogen-bond donors (Lipinski definition) is 1. The van der Waals surface area contributed by atoms with Gasteiger partial charge in [-0.1, -0.05) is 49.2 Å². The van der Waals surface area contributed by atoms with Gasteiger partial charge in [0.05, 0.1) is 0 Å². The van der Waals surface area contributed by atoms with Crippen LogP contribution >= 0.6 is 11.8 Å². The van der Waals surface area contributed by atoms with Gasteiger partial charge in [0.2, 0.25) is 5.91 Å². The normalized spacial score (nSPS) is 16.3. The maximum atomic E-state index is 13.2. The number of aromatic nitrogens is 3. The molecule has 2 N–H and O–H groups in total. The zero-order chi connectivity index (χ0) is 18.5. The third-order valence-corrected chi connectivity index (χ3v) is 5.93. The minimum absolute atomic E-state index is 0.351. The average molecular weight is 374 g/mol. The lowest BCUT2D eigenvalue weighted by Crippen LogP contribution is -2.20. The molecule has 2 aromatic rings. The van der Waals surface area contributed by atoms with Gasteiger partial charge in [-0.2, -0.15) is 0 Å². The zero-order valence-electron chi connectivity index (χ0n) is 14.6. The lowest BCUT2D eigenvalue weighted by molar-refractivity contribution is -0.117. The number of halogens is 1. The Labute approximate surface area is 156 Å². The Morgan fingerprint density at radius 2 is 2.00 bits per heavy atom. The minimum Gasteiger partial charge on any atom is -0.368 e. The van der Waals surface area contributed by atoms with Gasteiger partial charge in [-0.05, 0) is 30.5 Å². The van der Waals surface area contributed by atoms with Crippen molar-refractivity contribution in [1.29, 1.82) is 0 Å². The van der Waals surface area contributed by atoms with Gasteiger partial charge in [0.25, 0.3) is 0 Å². The van der Waals surface area contributed by atoms with Crippen molar-refractivity contribution in [3.05, 3.63) is 54.1 Å². The fourth-order valence-corrected chi connectivity index (χ4v) is 4.39. The lowest BCUT2D eigenvalue weighted by atomic mass is 9.89. The highest BCUT2D eigenvalue weighted by Crippen LogP contribution is 2.37. The highest BCUT2D eigenvalue weighted by atomic mass is 32.2. The second-order valence-corrected chi connectivity index (χ2v) is 7.60. The third-order valence-electron chi connectivity index (χ3n) is 4.68. The van der Waals surface area contributed by atoms with Crippen molar-refractivity contribution in [2.75, 3.05) is 0 Å². The standard InChI is InChI=1S/C19H23FN4OS/c1-2-12-24-18(14-6-4-3-5-7-14)22-23-19(24)26-16(17(21)25)13-8-10-15(20)11-9-13/h2,8-11,14,16H,1,3-7,12H2,(H2,21,25). The van der Waals surface area contributed by atoms with Crippen LogP contribution in [0.4, 0.5) is 4.39 Å². The van der Waals surface area contributed by atoms with Crippen molar-refractivity contribution in [2.24, 2.45) is 5.73 Å². The molecule has 0 radical (unpaired) electrons. The van der Waals surface area contributed by atoms with Gasteiger partial charge >= 0.3 is 0 Å². The summed E-state index contributed by atoms with van der Waals surface area (Å²) >= 11 is 1.25. The largest absolute Gasteiger partial charge is 0.368 e. The van der Waals surface area contributed by atoms with Crippen LogP contribution in [0.1, 0.15) is 54.7 Å². The van der Waals surface area contributed by atoms with Gasteiger partial charge in [-0.3, -0.25) is 4.79 Å². The number of carbonyl (C=O) groups excluding carboxylic acids is 1. The summed E-state index contributed by atoms with van der Waals surface area (Å²) in [5.41, 5.74) is 6.25. The van der Waals surface area contributed by atoms with Crippen LogP contribution in [-0.2, 0) is 11.3 Å². The molecule has 0 aliphatic heterocycles. The van der Waals surface area contributed by atoms with Crippen LogP contribution in [0.25, 0.3) is 0 Å². The lowest BCUT2D eigenvalue weighted by Gasteiger charge is -2.22. The van der Waals surface area contributed by atoms with Gasteiger partial charge in [0.1, 0.15) is 16.9 Å². The Morgan fingerprint density at radius 1 is 1.31 bits per heavy atom. The first-order chi connectivity index (χ1) is 12.6. The number of amides is 1. The number of thioether (sulfide) groups is 1. The summed E-state index contributed by atoms with van der Waals surface area (Å²) in [6, 6.07) is 5.81. The van der Waals surface area contributed by atoms with E-state index in [1.165, 1.54) is 43.2 Å². The Balaban J connectivity index is 1.89. The second-order valence-electron chi connectivity index (χ2n) is 6.53. The highest BCUT2D eigenvalue weighted by Gasteiger charge is 2.27. The molecular formula is C19H23FN4OS. The molecule has 1 aromatic carbocycles. The van der Waals surface area contributed by atoms with E-state index >= 15 is 0 Å².